The highest BCUT2D eigenvalue weighted by atomic mass is 35.5. The average Bonchev–Trinajstić information content (AvgIpc) is 3.39. The standard InChI is InChI=1S/C18H29ClN4O/c1-20-18(22-12-17(23(2)3)14-5-6-14)21-10-9-13-7-8-15(24-4)11-16(13)19/h7-8,11,14,17H,5-6,9-10,12H2,1-4H3,(H2,20,21,22). The van der Waals surface area contributed by atoms with Crippen molar-refractivity contribution >= 4 is 17.6 Å². The van der Waals surface area contributed by atoms with E-state index in [0.717, 1.165) is 47.7 Å². The highest BCUT2D eigenvalue weighted by Gasteiger charge is 2.32. The smallest absolute Gasteiger partial charge is 0.191 e. The highest BCUT2D eigenvalue weighted by molar-refractivity contribution is 6.31. The van der Waals surface area contributed by atoms with Gasteiger partial charge in [0.2, 0.25) is 0 Å². The van der Waals surface area contributed by atoms with Crippen molar-refractivity contribution in [2.45, 2.75) is 25.3 Å². The van der Waals surface area contributed by atoms with Gasteiger partial charge in [0, 0.05) is 31.2 Å². The number of rotatable bonds is 8. The number of halogens is 1. The third kappa shape index (κ3) is 5.56. The summed E-state index contributed by atoms with van der Waals surface area (Å²) in [5, 5.41) is 7.53. The van der Waals surface area contributed by atoms with E-state index in [4.69, 9.17) is 16.3 Å². The van der Waals surface area contributed by atoms with E-state index in [1.807, 2.05) is 18.2 Å². The lowest BCUT2D eigenvalue weighted by molar-refractivity contribution is 0.264. The van der Waals surface area contributed by atoms with Crippen LogP contribution in [0.15, 0.2) is 23.2 Å². The number of ether oxygens (including phenoxy) is 1. The van der Waals surface area contributed by atoms with E-state index >= 15 is 0 Å². The maximum absolute atomic E-state index is 6.28. The quantitative estimate of drug-likeness (QED) is 0.557. The molecule has 1 aromatic rings. The normalized spacial score (nSPS) is 16.2. The van der Waals surface area contributed by atoms with Gasteiger partial charge >= 0.3 is 0 Å². The van der Waals surface area contributed by atoms with E-state index in [9.17, 15) is 0 Å². The Morgan fingerprint density at radius 1 is 1.38 bits per heavy atom. The van der Waals surface area contributed by atoms with Gasteiger partial charge in [0.25, 0.3) is 0 Å². The molecule has 0 bridgehead atoms. The summed E-state index contributed by atoms with van der Waals surface area (Å²) in [5.41, 5.74) is 1.10. The lowest BCUT2D eigenvalue weighted by Crippen LogP contribution is -2.46. The molecule has 2 rings (SSSR count). The zero-order chi connectivity index (χ0) is 17.5. The van der Waals surface area contributed by atoms with Gasteiger partial charge in [-0.25, -0.2) is 0 Å². The first kappa shape index (κ1) is 18.9. The second-order valence-electron chi connectivity index (χ2n) is 6.46. The Labute approximate surface area is 150 Å². The molecule has 0 heterocycles. The van der Waals surface area contributed by atoms with Crippen molar-refractivity contribution in [3.8, 4) is 5.75 Å². The zero-order valence-electron chi connectivity index (χ0n) is 15.1. The Bertz CT molecular complexity index is 556. The minimum atomic E-state index is 0.569. The van der Waals surface area contributed by atoms with Crippen molar-refractivity contribution in [3.05, 3.63) is 28.8 Å². The third-order valence-electron chi connectivity index (χ3n) is 4.48. The Balaban J connectivity index is 1.77. The summed E-state index contributed by atoms with van der Waals surface area (Å²) in [6.07, 6.45) is 3.52. The SMILES string of the molecule is CN=C(NCCc1ccc(OC)cc1Cl)NCC(C1CC1)N(C)C. The molecule has 6 heteroatoms. The molecule has 0 radical (unpaired) electrons. The molecule has 1 unspecified atom stereocenters. The van der Waals surface area contributed by atoms with Gasteiger partial charge in [-0.3, -0.25) is 4.99 Å². The largest absolute Gasteiger partial charge is 0.497 e. The van der Waals surface area contributed by atoms with Crippen LogP contribution in [-0.4, -0.2) is 58.2 Å². The minimum absolute atomic E-state index is 0.569. The molecule has 1 atom stereocenters. The van der Waals surface area contributed by atoms with E-state index in [-0.39, 0.29) is 0 Å². The van der Waals surface area contributed by atoms with Crippen LogP contribution in [0, 0.1) is 5.92 Å². The van der Waals surface area contributed by atoms with Crippen LogP contribution in [0.5, 0.6) is 5.75 Å². The van der Waals surface area contributed by atoms with Gasteiger partial charge in [0.1, 0.15) is 5.75 Å². The summed E-state index contributed by atoms with van der Waals surface area (Å²) in [4.78, 5) is 6.60. The number of methoxy groups -OCH3 is 1. The fourth-order valence-electron chi connectivity index (χ4n) is 2.85. The van der Waals surface area contributed by atoms with Crippen LogP contribution in [-0.2, 0) is 6.42 Å². The first-order valence-electron chi connectivity index (χ1n) is 8.48. The van der Waals surface area contributed by atoms with Gasteiger partial charge in [0.15, 0.2) is 5.96 Å². The number of nitrogens with zero attached hydrogens (tertiary/aromatic N) is 2. The maximum atomic E-state index is 6.28. The second-order valence-corrected chi connectivity index (χ2v) is 6.86. The molecule has 1 aromatic carbocycles. The summed E-state index contributed by atoms with van der Waals surface area (Å²) in [7, 11) is 7.74. The summed E-state index contributed by atoms with van der Waals surface area (Å²) in [6.45, 7) is 1.70. The molecule has 1 aliphatic carbocycles. The van der Waals surface area contributed by atoms with Gasteiger partial charge in [-0.2, -0.15) is 0 Å². The van der Waals surface area contributed by atoms with Gasteiger partial charge in [-0.15, -0.1) is 0 Å². The number of nitrogens with one attached hydrogen (secondary N) is 2. The zero-order valence-corrected chi connectivity index (χ0v) is 15.9. The monoisotopic (exact) mass is 352 g/mol. The number of guanidine groups is 1. The molecular weight excluding hydrogens is 324 g/mol. The molecule has 0 saturated heterocycles. The second kappa shape index (κ2) is 9.14. The topological polar surface area (TPSA) is 48.9 Å². The summed E-state index contributed by atoms with van der Waals surface area (Å²) < 4.78 is 5.17. The van der Waals surface area contributed by atoms with Crippen molar-refractivity contribution < 1.29 is 4.74 Å². The van der Waals surface area contributed by atoms with E-state index in [0.29, 0.717) is 6.04 Å². The van der Waals surface area contributed by atoms with E-state index in [1.54, 1.807) is 14.2 Å². The summed E-state index contributed by atoms with van der Waals surface area (Å²) in [5.74, 6) is 2.44. The van der Waals surface area contributed by atoms with Crippen molar-refractivity contribution in [1.29, 1.82) is 0 Å². The minimum Gasteiger partial charge on any atom is -0.497 e. The highest BCUT2D eigenvalue weighted by Crippen LogP contribution is 2.34. The molecule has 5 nitrogen and oxygen atoms in total. The van der Waals surface area contributed by atoms with Crippen LogP contribution in [0.2, 0.25) is 5.02 Å². The van der Waals surface area contributed by atoms with Crippen molar-refractivity contribution in [2.75, 3.05) is 41.3 Å². The first-order chi connectivity index (χ1) is 11.5. The number of likely N-dealkylation sites (N-methyl/N-ethyl adjacent to an activating group) is 1. The lowest BCUT2D eigenvalue weighted by Gasteiger charge is -2.25. The molecule has 1 fully saturated rings. The summed E-state index contributed by atoms with van der Waals surface area (Å²) in [6, 6.07) is 6.36. The van der Waals surface area contributed by atoms with Gasteiger partial charge in [-0.1, -0.05) is 17.7 Å². The maximum Gasteiger partial charge on any atom is 0.191 e. The van der Waals surface area contributed by atoms with Crippen LogP contribution in [0.4, 0.5) is 0 Å². The van der Waals surface area contributed by atoms with Crippen LogP contribution < -0.4 is 15.4 Å². The number of hydrogen-bond donors (Lipinski definition) is 2. The molecule has 134 valence electrons. The summed E-state index contributed by atoms with van der Waals surface area (Å²) >= 11 is 6.28. The van der Waals surface area contributed by atoms with Crippen LogP contribution in [0.3, 0.4) is 0 Å². The van der Waals surface area contributed by atoms with E-state index in [1.165, 1.54) is 12.8 Å². The molecule has 2 N–H and O–H groups in total. The number of benzene rings is 1. The Hall–Kier alpha value is -1.46. The Morgan fingerprint density at radius 3 is 2.67 bits per heavy atom. The lowest BCUT2D eigenvalue weighted by atomic mass is 10.1. The van der Waals surface area contributed by atoms with Crippen LogP contribution >= 0.6 is 11.6 Å². The number of aliphatic imine (C=N–C) groups is 1. The van der Waals surface area contributed by atoms with E-state index in [2.05, 4.69) is 34.6 Å². The molecule has 1 aliphatic rings. The van der Waals surface area contributed by atoms with Crippen LogP contribution in [0.25, 0.3) is 0 Å². The van der Waals surface area contributed by atoms with Crippen molar-refractivity contribution in [3.63, 3.8) is 0 Å². The number of hydrogen-bond acceptors (Lipinski definition) is 3. The fourth-order valence-corrected chi connectivity index (χ4v) is 3.11. The fraction of sp³-hybridized carbons (Fsp3) is 0.611. The molecule has 0 amide bonds. The predicted octanol–water partition coefficient (Wildman–Crippen LogP) is 2.40. The van der Waals surface area contributed by atoms with Crippen LogP contribution in [0.1, 0.15) is 18.4 Å². The van der Waals surface area contributed by atoms with Gasteiger partial charge in [0.05, 0.1) is 7.11 Å². The molecule has 0 spiro atoms. The Morgan fingerprint density at radius 2 is 2.12 bits per heavy atom. The van der Waals surface area contributed by atoms with Gasteiger partial charge < -0.3 is 20.3 Å². The molecule has 1 saturated carbocycles. The molecule has 0 aliphatic heterocycles. The predicted molar refractivity (Wildman–Crippen MR) is 101 cm³/mol. The molecule has 0 aromatic heterocycles. The first-order valence-corrected chi connectivity index (χ1v) is 8.86. The molecule has 24 heavy (non-hydrogen) atoms. The average molecular weight is 353 g/mol. The van der Waals surface area contributed by atoms with E-state index < -0.39 is 0 Å². The molecular formula is C18H29ClN4O. The van der Waals surface area contributed by atoms with Crippen molar-refractivity contribution in [1.82, 2.24) is 15.5 Å². The van der Waals surface area contributed by atoms with Gasteiger partial charge in [-0.05, 0) is 57.0 Å². The Kier molecular flexibility index (Phi) is 7.18. The van der Waals surface area contributed by atoms with Crippen molar-refractivity contribution in [2.24, 2.45) is 10.9 Å². The third-order valence-corrected chi connectivity index (χ3v) is 4.83.